The van der Waals surface area contributed by atoms with E-state index in [1.807, 2.05) is 0 Å². The van der Waals surface area contributed by atoms with Crippen LogP contribution in [0.15, 0.2) is 18.2 Å². The van der Waals surface area contributed by atoms with Crippen molar-refractivity contribution >= 4 is 17.7 Å². The number of hydrogen-bond donors (Lipinski definition) is 1. The Morgan fingerprint density at radius 1 is 1.26 bits per heavy atom. The van der Waals surface area contributed by atoms with Crippen LogP contribution in [0, 0.1) is 11.6 Å². The Hall–Kier alpha value is -2.31. The molecular formula is C16H19F2NO4. The summed E-state index contributed by atoms with van der Waals surface area (Å²) in [6.45, 7) is 1.70. The molecule has 0 saturated carbocycles. The van der Waals surface area contributed by atoms with E-state index in [0.29, 0.717) is 12.5 Å². The number of nitrogens with one attached hydrogen (secondary N) is 1. The summed E-state index contributed by atoms with van der Waals surface area (Å²) in [5.74, 6) is -2.91. The molecule has 0 aliphatic rings. The third-order valence-corrected chi connectivity index (χ3v) is 3.29. The van der Waals surface area contributed by atoms with Gasteiger partial charge in [0.1, 0.15) is 23.5 Å². The number of esters is 1. The molecule has 0 aromatic heterocycles. The molecule has 0 aliphatic heterocycles. The van der Waals surface area contributed by atoms with E-state index in [-0.39, 0.29) is 30.6 Å². The molecule has 0 saturated heterocycles. The summed E-state index contributed by atoms with van der Waals surface area (Å²) < 4.78 is 30.9. The van der Waals surface area contributed by atoms with Crippen molar-refractivity contribution in [1.82, 2.24) is 5.32 Å². The van der Waals surface area contributed by atoms with Crippen LogP contribution in [0.4, 0.5) is 8.78 Å². The Bertz CT molecular complexity index is 589. The Labute approximate surface area is 133 Å². The molecule has 7 heteroatoms. The van der Waals surface area contributed by atoms with Crippen molar-refractivity contribution in [2.24, 2.45) is 0 Å². The molecule has 5 nitrogen and oxygen atoms in total. The lowest BCUT2D eigenvalue weighted by molar-refractivity contribution is -0.145. The van der Waals surface area contributed by atoms with Gasteiger partial charge in [-0.15, -0.1) is 0 Å². The summed E-state index contributed by atoms with van der Waals surface area (Å²) in [4.78, 5) is 34.9. The molecule has 0 aliphatic carbocycles. The predicted molar refractivity (Wildman–Crippen MR) is 78.5 cm³/mol. The van der Waals surface area contributed by atoms with Gasteiger partial charge in [-0.3, -0.25) is 9.59 Å². The van der Waals surface area contributed by atoms with Crippen molar-refractivity contribution in [1.29, 1.82) is 0 Å². The summed E-state index contributed by atoms with van der Waals surface area (Å²) in [7, 11) is 1.17. The van der Waals surface area contributed by atoms with E-state index in [9.17, 15) is 23.2 Å². The molecule has 0 spiro atoms. The van der Waals surface area contributed by atoms with Gasteiger partial charge in [0.15, 0.2) is 0 Å². The number of hydrogen-bond acceptors (Lipinski definition) is 4. The van der Waals surface area contributed by atoms with Gasteiger partial charge in [0.2, 0.25) is 5.91 Å². The fourth-order valence-corrected chi connectivity index (χ4v) is 1.96. The van der Waals surface area contributed by atoms with Crippen molar-refractivity contribution in [2.45, 2.75) is 38.6 Å². The summed E-state index contributed by atoms with van der Waals surface area (Å²) in [5, 5.41) is 2.41. The first kappa shape index (κ1) is 18.7. The maximum Gasteiger partial charge on any atom is 0.328 e. The fourth-order valence-electron chi connectivity index (χ4n) is 1.96. The van der Waals surface area contributed by atoms with Crippen molar-refractivity contribution in [3.05, 3.63) is 35.4 Å². The number of carbonyl (C=O) groups is 3. The Kier molecular flexibility index (Phi) is 7.31. The van der Waals surface area contributed by atoms with E-state index >= 15 is 0 Å². The highest BCUT2D eigenvalue weighted by Crippen LogP contribution is 2.11. The zero-order chi connectivity index (χ0) is 17.4. The lowest BCUT2D eigenvalue weighted by atomic mass is 10.1. The van der Waals surface area contributed by atoms with Gasteiger partial charge in [0.25, 0.3) is 0 Å². The minimum Gasteiger partial charge on any atom is -0.467 e. The number of ether oxygens (including phenoxy) is 1. The van der Waals surface area contributed by atoms with Crippen LogP contribution < -0.4 is 5.32 Å². The van der Waals surface area contributed by atoms with E-state index in [1.165, 1.54) is 7.11 Å². The van der Waals surface area contributed by atoms with Gasteiger partial charge in [-0.2, -0.15) is 0 Å². The molecule has 0 heterocycles. The number of Topliss-reactive ketones (excluding diaryl/α,β-unsaturated/α-hetero) is 1. The van der Waals surface area contributed by atoms with Gasteiger partial charge in [0, 0.05) is 18.9 Å². The largest absolute Gasteiger partial charge is 0.467 e. The highest BCUT2D eigenvalue weighted by molar-refractivity contribution is 5.86. The first-order valence-electron chi connectivity index (χ1n) is 7.20. The SMILES string of the molecule is CCC(=O)CC[C@H](NC(=O)Cc1ccc(F)cc1F)C(=O)OC. The molecule has 1 amide bonds. The van der Waals surface area contributed by atoms with Gasteiger partial charge in [-0.25, -0.2) is 13.6 Å². The molecular weight excluding hydrogens is 308 g/mol. The van der Waals surface area contributed by atoms with Gasteiger partial charge in [0.05, 0.1) is 13.5 Å². The van der Waals surface area contributed by atoms with Crippen LogP contribution in [-0.4, -0.2) is 30.8 Å². The molecule has 1 aromatic rings. The van der Waals surface area contributed by atoms with Gasteiger partial charge in [-0.05, 0) is 18.1 Å². The first-order chi connectivity index (χ1) is 10.9. The van der Waals surface area contributed by atoms with E-state index < -0.39 is 29.6 Å². The maximum atomic E-state index is 13.5. The first-order valence-corrected chi connectivity index (χ1v) is 7.20. The highest BCUT2D eigenvalue weighted by atomic mass is 19.1. The summed E-state index contributed by atoms with van der Waals surface area (Å²) >= 11 is 0. The Morgan fingerprint density at radius 2 is 1.96 bits per heavy atom. The molecule has 126 valence electrons. The molecule has 1 N–H and O–H groups in total. The molecule has 1 atom stereocenters. The van der Waals surface area contributed by atoms with Crippen LogP contribution in [0.5, 0.6) is 0 Å². The number of carbonyl (C=O) groups excluding carboxylic acids is 3. The molecule has 0 bridgehead atoms. The monoisotopic (exact) mass is 327 g/mol. The lowest BCUT2D eigenvalue weighted by Gasteiger charge is -2.16. The van der Waals surface area contributed by atoms with Crippen molar-refractivity contribution in [3.8, 4) is 0 Å². The molecule has 0 fully saturated rings. The summed E-state index contributed by atoms with van der Waals surface area (Å²) in [5.41, 5.74) is 0.0113. The second kappa shape index (κ2) is 8.97. The van der Waals surface area contributed by atoms with Crippen LogP contribution in [0.2, 0.25) is 0 Å². The summed E-state index contributed by atoms with van der Waals surface area (Å²) in [6, 6.07) is 1.91. The molecule has 1 aromatic carbocycles. The van der Waals surface area contributed by atoms with Crippen LogP contribution in [-0.2, 0) is 25.5 Å². The van der Waals surface area contributed by atoms with Gasteiger partial charge < -0.3 is 10.1 Å². The van der Waals surface area contributed by atoms with Crippen molar-refractivity contribution in [2.75, 3.05) is 7.11 Å². The zero-order valence-corrected chi connectivity index (χ0v) is 13.0. The number of amides is 1. The summed E-state index contributed by atoms with van der Waals surface area (Å²) in [6.07, 6.45) is 0.225. The lowest BCUT2D eigenvalue weighted by Crippen LogP contribution is -2.42. The normalized spacial score (nSPS) is 11.7. The Balaban J connectivity index is 2.68. The minimum absolute atomic E-state index is 0.0113. The van der Waals surface area contributed by atoms with E-state index in [1.54, 1.807) is 6.92 Å². The van der Waals surface area contributed by atoms with Crippen molar-refractivity contribution < 1.29 is 27.9 Å². The predicted octanol–water partition coefficient (Wildman–Crippen LogP) is 1.92. The average molecular weight is 327 g/mol. The average Bonchev–Trinajstić information content (AvgIpc) is 2.52. The highest BCUT2D eigenvalue weighted by Gasteiger charge is 2.22. The maximum absolute atomic E-state index is 13.5. The third kappa shape index (κ3) is 6.14. The van der Waals surface area contributed by atoms with Crippen LogP contribution in [0.3, 0.4) is 0 Å². The molecule has 1 rings (SSSR count). The number of halogens is 2. The molecule has 0 unspecified atom stereocenters. The zero-order valence-electron chi connectivity index (χ0n) is 13.0. The van der Waals surface area contributed by atoms with E-state index in [0.717, 1.165) is 12.1 Å². The molecule has 23 heavy (non-hydrogen) atoms. The fraction of sp³-hybridized carbons (Fsp3) is 0.438. The smallest absolute Gasteiger partial charge is 0.328 e. The van der Waals surface area contributed by atoms with Gasteiger partial charge >= 0.3 is 5.97 Å². The number of ketones is 1. The topological polar surface area (TPSA) is 72.5 Å². The van der Waals surface area contributed by atoms with Gasteiger partial charge in [-0.1, -0.05) is 13.0 Å². The van der Waals surface area contributed by atoms with E-state index in [2.05, 4.69) is 10.1 Å². The van der Waals surface area contributed by atoms with Crippen LogP contribution in [0.1, 0.15) is 31.7 Å². The van der Waals surface area contributed by atoms with Crippen LogP contribution in [0.25, 0.3) is 0 Å². The quantitative estimate of drug-likeness (QED) is 0.741. The molecule has 0 radical (unpaired) electrons. The van der Waals surface area contributed by atoms with Crippen LogP contribution >= 0.6 is 0 Å². The third-order valence-electron chi connectivity index (χ3n) is 3.29. The number of methoxy groups -OCH3 is 1. The minimum atomic E-state index is -0.980. The standard InChI is InChI=1S/C16H19F2NO4/c1-3-12(20)6-7-14(16(22)23-2)19-15(21)8-10-4-5-11(17)9-13(10)18/h4-5,9,14H,3,6-8H2,1-2H3,(H,19,21)/t14-/m0/s1. The second-order valence-electron chi connectivity index (χ2n) is 4.99. The number of benzene rings is 1. The number of rotatable bonds is 8. The second-order valence-corrected chi connectivity index (χ2v) is 4.99. The van der Waals surface area contributed by atoms with Crippen molar-refractivity contribution in [3.63, 3.8) is 0 Å². The Morgan fingerprint density at radius 3 is 2.52 bits per heavy atom. The van der Waals surface area contributed by atoms with E-state index in [4.69, 9.17) is 0 Å².